The lowest BCUT2D eigenvalue weighted by atomic mass is 9.93. The number of terminal acetylenes is 1. The molecule has 0 aliphatic carbocycles. The minimum atomic E-state index is -1.06. The molecule has 0 spiro atoms. The van der Waals surface area contributed by atoms with E-state index >= 15 is 0 Å². The summed E-state index contributed by atoms with van der Waals surface area (Å²) >= 11 is 0. The Morgan fingerprint density at radius 2 is 1.46 bits per heavy atom. The molecule has 0 aromatic carbocycles. The van der Waals surface area contributed by atoms with Crippen LogP contribution in [-0.4, -0.2) is 72.8 Å². The van der Waals surface area contributed by atoms with Crippen LogP contribution < -0.4 is 0 Å². The van der Waals surface area contributed by atoms with Crippen LogP contribution in [0.1, 0.15) is 27.7 Å². The first-order valence-electron chi connectivity index (χ1n) is 7.98. The van der Waals surface area contributed by atoms with Gasteiger partial charge in [0.15, 0.2) is 18.3 Å². The monoisotopic (exact) mass is 369 g/mol. The smallest absolute Gasteiger partial charge is 0.303 e. The number of hydrogen-bond acceptors (Lipinski definition) is 9. The second kappa shape index (κ2) is 9.77. The zero-order chi connectivity index (χ0) is 19.9. The molecule has 0 aromatic heterocycles. The minimum absolute atomic E-state index is 0.116. The normalized spacial score (nSPS) is 25.5. The van der Waals surface area contributed by atoms with Gasteiger partial charge in [-0.2, -0.15) is 0 Å². The van der Waals surface area contributed by atoms with Crippen molar-refractivity contribution in [2.75, 3.05) is 19.7 Å². The molecule has 1 saturated heterocycles. The highest BCUT2D eigenvalue weighted by Gasteiger charge is 2.49. The molecule has 0 N–H and O–H groups in total. The highest BCUT2D eigenvalue weighted by molar-refractivity contribution is 5.68. The van der Waals surface area contributed by atoms with Gasteiger partial charge in [-0.05, 0) is 0 Å². The van der Waals surface area contributed by atoms with Crippen LogP contribution in [0.4, 0.5) is 0 Å². The number of nitrogens with zero attached hydrogens (tertiary/aromatic N) is 1. The minimum Gasteiger partial charge on any atom is -0.464 e. The Hall–Kier alpha value is -2.60. The molecule has 144 valence electrons. The van der Waals surface area contributed by atoms with Gasteiger partial charge in [0, 0.05) is 34.2 Å². The Morgan fingerprint density at radius 1 is 0.923 bits per heavy atom. The first kappa shape index (κ1) is 21.4. The summed E-state index contributed by atoms with van der Waals surface area (Å²) in [7, 11) is 0. The molecular formula is C17H23NO8. The molecule has 0 bridgehead atoms. The van der Waals surface area contributed by atoms with E-state index in [9.17, 15) is 19.2 Å². The van der Waals surface area contributed by atoms with Crippen molar-refractivity contribution < 1.29 is 38.1 Å². The van der Waals surface area contributed by atoms with E-state index in [0.717, 1.165) is 0 Å². The second-order valence-electron chi connectivity index (χ2n) is 5.80. The fraction of sp³-hybridized carbons (Fsp3) is 0.647. The molecule has 1 rings (SSSR count). The number of rotatable bonds is 6. The van der Waals surface area contributed by atoms with E-state index in [0.29, 0.717) is 0 Å². The maximum absolute atomic E-state index is 11.6. The number of likely N-dealkylation sites (tertiary alicyclic amines) is 1. The summed E-state index contributed by atoms with van der Waals surface area (Å²) in [5.74, 6) is 0.0628. The Labute approximate surface area is 151 Å². The summed E-state index contributed by atoms with van der Waals surface area (Å²) in [6.07, 6.45) is 2.39. The third-order valence-electron chi connectivity index (χ3n) is 3.63. The van der Waals surface area contributed by atoms with Gasteiger partial charge in [0.05, 0.1) is 12.6 Å². The Morgan fingerprint density at radius 3 is 1.92 bits per heavy atom. The second-order valence-corrected chi connectivity index (χ2v) is 5.80. The summed E-state index contributed by atoms with van der Waals surface area (Å²) in [4.78, 5) is 47.4. The van der Waals surface area contributed by atoms with E-state index in [2.05, 4.69) is 5.92 Å². The van der Waals surface area contributed by atoms with Crippen molar-refractivity contribution in [3.05, 3.63) is 0 Å². The van der Waals surface area contributed by atoms with E-state index in [1.54, 1.807) is 4.90 Å². The lowest BCUT2D eigenvalue weighted by Gasteiger charge is -2.46. The molecule has 0 saturated carbocycles. The van der Waals surface area contributed by atoms with Crippen LogP contribution in [-0.2, 0) is 38.1 Å². The van der Waals surface area contributed by atoms with Gasteiger partial charge >= 0.3 is 23.9 Å². The molecule has 1 heterocycles. The molecule has 0 amide bonds. The molecule has 0 unspecified atom stereocenters. The number of hydrogen-bond donors (Lipinski definition) is 0. The summed E-state index contributed by atoms with van der Waals surface area (Å²) < 4.78 is 20.9. The summed E-state index contributed by atoms with van der Waals surface area (Å²) in [5, 5.41) is 0. The van der Waals surface area contributed by atoms with Gasteiger partial charge in [0.2, 0.25) is 0 Å². The lowest BCUT2D eigenvalue weighted by molar-refractivity contribution is -0.206. The van der Waals surface area contributed by atoms with Crippen molar-refractivity contribution in [2.24, 2.45) is 0 Å². The number of esters is 4. The number of ether oxygens (including phenoxy) is 4. The van der Waals surface area contributed by atoms with Crippen LogP contribution in [0.15, 0.2) is 0 Å². The van der Waals surface area contributed by atoms with E-state index in [-0.39, 0.29) is 19.7 Å². The molecule has 1 fully saturated rings. The standard InChI is InChI=1S/C17H23NO8/c1-6-7-18-8-15(24-11(3)20)17(26-13(5)22)16(25-12(4)21)14(18)9-23-10(2)19/h1,14-17H,7-9H2,2-5H3/t14-,15+,16+,17+/m0/s1. The van der Waals surface area contributed by atoms with E-state index < -0.39 is 48.2 Å². The van der Waals surface area contributed by atoms with Gasteiger partial charge in [-0.25, -0.2) is 0 Å². The maximum atomic E-state index is 11.6. The number of carbonyl (C=O) groups is 4. The van der Waals surface area contributed by atoms with Crippen molar-refractivity contribution in [1.29, 1.82) is 0 Å². The first-order valence-corrected chi connectivity index (χ1v) is 7.98. The van der Waals surface area contributed by atoms with E-state index in [1.165, 1.54) is 27.7 Å². The van der Waals surface area contributed by atoms with E-state index in [4.69, 9.17) is 25.4 Å². The SMILES string of the molecule is C#CCN1C[C@@H](OC(C)=O)[C@@H](OC(C)=O)[C@H](OC(C)=O)[C@@H]1COC(C)=O. The third-order valence-corrected chi connectivity index (χ3v) is 3.63. The summed E-state index contributed by atoms with van der Waals surface area (Å²) in [5.41, 5.74) is 0. The van der Waals surface area contributed by atoms with Crippen LogP contribution in [0.3, 0.4) is 0 Å². The first-order chi connectivity index (χ1) is 12.1. The summed E-state index contributed by atoms with van der Waals surface area (Å²) in [6, 6.07) is -0.671. The Kier molecular flexibility index (Phi) is 8.06. The van der Waals surface area contributed by atoms with E-state index in [1.807, 2.05) is 0 Å². The van der Waals surface area contributed by atoms with Crippen molar-refractivity contribution in [1.82, 2.24) is 4.90 Å². The quantitative estimate of drug-likeness (QED) is 0.353. The predicted molar refractivity (Wildman–Crippen MR) is 87.5 cm³/mol. The van der Waals surface area contributed by atoms with Crippen LogP contribution in [0.25, 0.3) is 0 Å². The largest absolute Gasteiger partial charge is 0.464 e. The molecule has 0 radical (unpaired) electrons. The van der Waals surface area contributed by atoms with Gasteiger partial charge in [-0.3, -0.25) is 24.1 Å². The molecule has 1 aliphatic rings. The summed E-state index contributed by atoms with van der Waals surface area (Å²) in [6.45, 7) is 4.92. The molecule has 9 heteroatoms. The molecular weight excluding hydrogens is 346 g/mol. The number of piperidine rings is 1. The highest BCUT2D eigenvalue weighted by Crippen LogP contribution is 2.27. The molecule has 9 nitrogen and oxygen atoms in total. The van der Waals surface area contributed by atoms with Crippen LogP contribution in [0.5, 0.6) is 0 Å². The molecule has 1 aliphatic heterocycles. The highest BCUT2D eigenvalue weighted by atomic mass is 16.6. The average Bonchev–Trinajstić information content (AvgIpc) is 2.48. The Bertz CT molecular complexity index is 596. The molecule has 0 aromatic rings. The van der Waals surface area contributed by atoms with Gasteiger partial charge in [0.1, 0.15) is 6.61 Å². The lowest BCUT2D eigenvalue weighted by Crippen LogP contribution is -2.65. The van der Waals surface area contributed by atoms with Crippen molar-refractivity contribution in [3.63, 3.8) is 0 Å². The fourth-order valence-electron chi connectivity index (χ4n) is 2.80. The van der Waals surface area contributed by atoms with Gasteiger partial charge in [0.25, 0.3) is 0 Å². The van der Waals surface area contributed by atoms with Gasteiger partial charge < -0.3 is 18.9 Å². The topological polar surface area (TPSA) is 108 Å². The molecule has 4 atom stereocenters. The third kappa shape index (κ3) is 6.37. The van der Waals surface area contributed by atoms with Crippen molar-refractivity contribution in [3.8, 4) is 12.3 Å². The average molecular weight is 369 g/mol. The zero-order valence-electron chi connectivity index (χ0n) is 15.2. The Balaban J connectivity index is 3.25. The van der Waals surface area contributed by atoms with Gasteiger partial charge in [-0.15, -0.1) is 6.42 Å². The zero-order valence-corrected chi connectivity index (χ0v) is 15.2. The van der Waals surface area contributed by atoms with Crippen molar-refractivity contribution in [2.45, 2.75) is 52.0 Å². The van der Waals surface area contributed by atoms with Crippen LogP contribution in [0, 0.1) is 12.3 Å². The van der Waals surface area contributed by atoms with Gasteiger partial charge in [-0.1, -0.05) is 5.92 Å². The predicted octanol–water partition coefficient (Wildman–Crippen LogP) is -0.338. The maximum Gasteiger partial charge on any atom is 0.303 e. The fourth-order valence-corrected chi connectivity index (χ4v) is 2.80. The van der Waals surface area contributed by atoms with Crippen LogP contribution in [0.2, 0.25) is 0 Å². The number of carbonyl (C=O) groups excluding carboxylic acids is 4. The van der Waals surface area contributed by atoms with Crippen LogP contribution >= 0.6 is 0 Å². The van der Waals surface area contributed by atoms with Crippen molar-refractivity contribution >= 4 is 23.9 Å². The molecule has 26 heavy (non-hydrogen) atoms.